The van der Waals surface area contributed by atoms with Crippen molar-refractivity contribution in [1.29, 1.82) is 0 Å². The number of phenolic OH excluding ortho intramolecular Hbond substituents is 1. The van der Waals surface area contributed by atoms with E-state index in [1.807, 2.05) is 4.90 Å². The van der Waals surface area contributed by atoms with Crippen LogP contribution >= 0.6 is 0 Å². The molecule has 1 amide bonds. The Labute approximate surface area is 118 Å². The average Bonchev–Trinajstić information content (AvgIpc) is 3.01. The summed E-state index contributed by atoms with van der Waals surface area (Å²) in [5.74, 6) is 0.951. The molecule has 1 heterocycles. The first-order valence-electron chi connectivity index (χ1n) is 7.07. The molecule has 2 aliphatic rings. The molecule has 1 aromatic carbocycles. The number of likely N-dealkylation sites (tertiary alicyclic amines) is 1. The van der Waals surface area contributed by atoms with Gasteiger partial charge >= 0.3 is 0 Å². The third kappa shape index (κ3) is 2.56. The smallest absolute Gasteiger partial charge is 0.246 e. The van der Waals surface area contributed by atoms with Crippen molar-refractivity contribution in [2.75, 3.05) is 13.1 Å². The number of phenols is 1. The molecular formula is C16H19NO3. The van der Waals surface area contributed by atoms with Crippen molar-refractivity contribution in [1.82, 2.24) is 4.90 Å². The van der Waals surface area contributed by atoms with Crippen LogP contribution in [0.3, 0.4) is 0 Å². The van der Waals surface area contributed by atoms with E-state index in [1.54, 1.807) is 36.4 Å². The maximum absolute atomic E-state index is 12.1. The van der Waals surface area contributed by atoms with Gasteiger partial charge in [0.25, 0.3) is 0 Å². The van der Waals surface area contributed by atoms with Gasteiger partial charge in [0.15, 0.2) is 0 Å². The molecule has 0 aromatic heterocycles. The molecule has 0 spiro atoms. The molecule has 3 unspecified atom stereocenters. The zero-order chi connectivity index (χ0) is 14.1. The first kappa shape index (κ1) is 13.2. The Morgan fingerprint density at radius 2 is 1.95 bits per heavy atom. The second-order valence-corrected chi connectivity index (χ2v) is 5.74. The summed E-state index contributed by atoms with van der Waals surface area (Å²) in [7, 11) is 0. The number of carbonyl (C=O) groups is 1. The van der Waals surface area contributed by atoms with E-state index in [0.29, 0.717) is 12.5 Å². The van der Waals surface area contributed by atoms with Crippen LogP contribution in [0.1, 0.15) is 18.4 Å². The highest BCUT2D eigenvalue weighted by atomic mass is 16.3. The molecule has 106 valence electrons. The minimum absolute atomic E-state index is 0.000301. The second kappa shape index (κ2) is 5.29. The maximum atomic E-state index is 12.1. The van der Waals surface area contributed by atoms with Crippen molar-refractivity contribution in [3.8, 4) is 5.75 Å². The van der Waals surface area contributed by atoms with Crippen molar-refractivity contribution < 1.29 is 15.0 Å². The Morgan fingerprint density at radius 1 is 1.20 bits per heavy atom. The summed E-state index contributed by atoms with van der Waals surface area (Å²) in [6.07, 6.45) is 4.99. The van der Waals surface area contributed by atoms with Crippen LogP contribution in [-0.4, -0.2) is 40.2 Å². The van der Waals surface area contributed by atoms with Crippen molar-refractivity contribution in [2.24, 2.45) is 11.8 Å². The largest absolute Gasteiger partial charge is 0.508 e. The van der Waals surface area contributed by atoms with Gasteiger partial charge in [0, 0.05) is 25.1 Å². The van der Waals surface area contributed by atoms with Gasteiger partial charge in [-0.25, -0.2) is 0 Å². The lowest BCUT2D eigenvalue weighted by Gasteiger charge is -2.16. The lowest BCUT2D eigenvalue weighted by Crippen LogP contribution is -2.29. The van der Waals surface area contributed by atoms with E-state index in [2.05, 4.69) is 0 Å². The van der Waals surface area contributed by atoms with Gasteiger partial charge in [0.1, 0.15) is 5.75 Å². The van der Waals surface area contributed by atoms with Crippen LogP contribution in [0.15, 0.2) is 30.3 Å². The normalized spacial score (nSPS) is 29.1. The number of nitrogens with zero attached hydrogens (tertiary/aromatic N) is 1. The summed E-state index contributed by atoms with van der Waals surface area (Å²) in [5.41, 5.74) is 0.885. The molecule has 20 heavy (non-hydrogen) atoms. The molecule has 1 saturated carbocycles. The standard InChI is InChI=1S/C16H19NO3/c18-13-5-1-11(2-6-13)3-8-16(20)17-9-12-4-7-15(19)14(12)10-17/h1-3,5-6,8,12,14-15,18-19H,4,7,9-10H2/b8-3+. The number of amides is 1. The van der Waals surface area contributed by atoms with Crippen molar-refractivity contribution in [2.45, 2.75) is 18.9 Å². The van der Waals surface area contributed by atoms with Gasteiger partial charge in [-0.3, -0.25) is 4.79 Å². The number of carbonyl (C=O) groups excluding carboxylic acids is 1. The van der Waals surface area contributed by atoms with E-state index >= 15 is 0 Å². The Bertz CT molecular complexity index is 523. The molecular weight excluding hydrogens is 254 g/mol. The third-order valence-electron chi connectivity index (χ3n) is 4.44. The number of benzene rings is 1. The molecule has 1 aliphatic heterocycles. The monoisotopic (exact) mass is 273 g/mol. The number of aliphatic hydroxyl groups excluding tert-OH is 1. The van der Waals surface area contributed by atoms with Crippen LogP contribution < -0.4 is 0 Å². The minimum Gasteiger partial charge on any atom is -0.508 e. The highest BCUT2D eigenvalue weighted by Gasteiger charge is 2.42. The zero-order valence-corrected chi connectivity index (χ0v) is 11.3. The predicted molar refractivity (Wildman–Crippen MR) is 75.9 cm³/mol. The molecule has 4 nitrogen and oxygen atoms in total. The number of aliphatic hydroxyl groups is 1. The number of aromatic hydroxyl groups is 1. The average molecular weight is 273 g/mol. The summed E-state index contributed by atoms with van der Waals surface area (Å²) < 4.78 is 0. The second-order valence-electron chi connectivity index (χ2n) is 5.74. The van der Waals surface area contributed by atoms with Gasteiger partial charge in [-0.15, -0.1) is 0 Å². The fourth-order valence-corrected chi connectivity index (χ4v) is 3.27. The lowest BCUT2D eigenvalue weighted by molar-refractivity contribution is -0.125. The van der Waals surface area contributed by atoms with Crippen LogP contribution in [0.4, 0.5) is 0 Å². The van der Waals surface area contributed by atoms with E-state index in [0.717, 1.165) is 24.9 Å². The van der Waals surface area contributed by atoms with Crippen LogP contribution in [0.5, 0.6) is 5.75 Å². The van der Waals surface area contributed by atoms with E-state index in [9.17, 15) is 15.0 Å². The molecule has 2 N–H and O–H groups in total. The number of rotatable bonds is 2. The van der Waals surface area contributed by atoms with Gasteiger partial charge in [-0.05, 0) is 42.5 Å². The Hall–Kier alpha value is -1.81. The molecule has 2 fully saturated rings. The van der Waals surface area contributed by atoms with Crippen molar-refractivity contribution in [3.63, 3.8) is 0 Å². The Balaban J connectivity index is 1.61. The Kier molecular flexibility index (Phi) is 3.49. The summed E-state index contributed by atoms with van der Waals surface area (Å²) >= 11 is 0. The molecule has 3 rings (SSSR count). The summed E-state index contributed by atoms with van der Waals surface area (Å²) in [5, 5.41) is 19.1. The summed E-state index contributed by atoms with van der Waals surface area (Å²) in [6.45, 7) is 1.44. The molecule has 0 bridgehead atoms. The van der Waals surface area contributed by atoms with Gasteiger partial charge in [-0.1, -0.05) is 12.1 Å². The first-order valence-corrected chi connectivity index (χ1v) is 7.07. The van der Waals surface area contributed by atoms with E-state index in [-0.39, 0.29) is 23.7 Å². The van der Waals surface area contributed by atoms with E-state index < -0.39 is 0 Å². The number of hydrogen-bond acceptors (Lipinski definition) is 3. The molecule has 1 aliphatic carbocycles. The molecule has 1 aromatic rings. The summed E-state index contributed by atoms with van der Waals surface area (Å²) in [6, 6.07) is 6.73. The molecule has 0 radical (unpaired) electrons. The number of hydrogen-bond donors (Lipinski definition) is 2. The van der Waals surface area contributed by atoms with E-state index in [1.165, 1.54) is 0 Å². The van der Waals surface area contributed by atoms with Crippen LogP contribution in [0.25, 0.3) is 6.08 Å². The van der Waals surface area contributed by atoms with Crippen LogP contribution in [-0.2, 0) is 4.79 Å². The summed E-state index contributed by atoms with van der Waals surface area (Å²) in [4.78, 5) is 14.0. The fraction of sp³-hybridized carbons (Fsp3) is 0.438. The highest BCUT2D eigenvalue weighted by Crippen LogP contribution is 2.38. The maximum Gasteiger partial charge on any atom is 0.246 e. The number of fused-ring (bicyclic) bond motifs is 1. The highest BCUT2D eigenvalue weighted by molar-refractivity contribution is 5.92. The van der Waals surface area contributed by atoms with E-state index in [4.69, 9.17) is 0 Å². The molecule has 3 atom stereocenters. The molecule has 4 heteroatoms. The van der Waals surface area contributed by atoms with Crippen LogP contribution in [0, 0.1) is 11.8 Å². The molecule has 1 saturated heterocycles. The third-order valence-corrected chi connectivity index (χ3v) is 4.44. The predicted octanol–water partition coefficient (Wildman–Crippen LogP) is 1.63. The zero-order valence-electron chi connectivity index (χ0n) is 11.3. The SMILES string of the molecule is O=C(/C=C/c1ccc(O)cc1)N1CC2CCC(O)C2C1. The fourth-order valence-electron chi connectivity index (χ4n) is 3.27. The van der Waals surface area contributed by atoms with Gasteiger partial charge in [0.2, 0.25) is 5.91 Å². The minimum atomic E-state index is -0.237. The van der Waals surface area contributed by atoms with Gasteiger partial charge < -0.3 is 15.1 Å². The van der Waals surface area contributed by atoms with Crippen molar-refractivity contribution in [3.05, 3.63) is 35.9 Å². The Morgan fingerprint density at radius 3 is 2.65 bits per heavy atom. The van der Waals surface area contributed by atoms with Gasteiger partial charge in [0.05, 0.1) is 6.10 Å². The lowest BCUT2D eigenvalue weighted by atomic mass is 10.00. The first-order chi connectivity index (χ1) is 9.63. The van der Waals surface area contributed by atoms with Crippen LogP contribution in [0.2, 0.25) is 0 Å². The topological polar surface area (TPSA) is 60.8 Å². The van der Waals surface area contributed by atoms with Crippen molar-refractivity contribution >= 4 is 12.0 Å². The van der Waals surface area contributed by atoms with Gasteiger partial charge in [-0.2, -0.15) is 0 Å². The quantitative estimate of drug-likeness (QED) is 0.805.